The van der Waals surface area contributed by atoms with Crippen LogP contribution in [0, 0.1) is 17.1 Å². The van der Waals surface area contributed by atoms with Gasteiger partial charge >= 0.3 is 0 Å². The van der Waals surface area contributed by atoms with E-state index in [0.29, 0.717) is 17.8 Å². The molecule has 0 radical (unpaired) electrons. The third-order valence-corrected chi connectivity index (χ3v) is 2.73. The fraction of sp³-hybridized carbons (Fsp3) is 0.133. The van der Waals surface area contributed by atoms with Gasteiger partial charge in [0.25, 0.3) is 0 Å². The first kappa shape index (κ1) is 12.9. The number of hydrogen-bond acceptors (Lipinski definition) is 3. The van der Waals surface area contributed by atoms with Crippen LogP contribution in [0.4, 0.5) is 10.1 Å². The predicted molar refractivity (Wildman–Crippen MR) is 71.4 cm³/mol. The van der Waals surface area contributed by atoms with Crippen molar-refractivity contribution in [1.29, 1.82) is 5.26 Å². The first-order valence-corrected chi connectivity index (χ1v) is 5.79. The lowest BCUT2D eigenvalue weighted by molar-refractivity contribution is 0.386. The molecule has 2 aromatic rings. The van der Waals surface area contributed by atoms with Crippen molar-refractivity contribution in [3.8, 4) is 11.8 Å². The SMILES string of the molecule is COc1ccc(NCc2ccc(C#N)cc2)cc1F. The zero-order valence-corrected chi connectivity index (χ0v) is 10.5. The summed E-state index contributed by atoms with van der Waals surface area (Å²) in [5.41, 5.74) is 2.33. The normalized spacial score (nSPS) is 9.74. The maximum absolute atomic E-state index is 13.5. The van der Waals surface area contributed by atoms with Gasteiger partial charge in [0.2, 0.25) is 0 Å². The van der Waals surface area contributed by atoms with Gasteiger partial charge in [0, 0.05) is 18.3 Å². The standard InChI is InChI=1S/C15H13FN2O/c1-19-15-7-6-13(8-14(15)16)18-10-12-4-2-11(9-17)3-5-12/h2-8,18H,10H2,1H3. The Morgan fingerprint density at radius 2 is 1.95 bits per heavy atom. The van der Waals surface area contributed by atoms with E-state index in [1.54, 1.807) is 24.3 Å². The number of methoxy groups -OCH3 is 1. The predicted octanol–water partition coefficient (Wildman–Crippen LogP) is 3.32. The van der Waals surface area contributed by atoms with E-state index in [4.69, 9.17) is 10.00 Å². The van der Waals surface area contributed by atoms with Crippen molar-refractivity contribution in [1.82, 2.24) is 0 Å². The van der Waals surface area contributed by atoms with Crippen molar-refractivity contribution in [2.75, 3.05) is 12.4 Å². The largest absolute Gasteiger partial charge is 0.494 e. The molecule has 0 fully saturated rings. The molecule has 2 aromatic carbocycles. The van der Waals surface area contributed by atoms with Crippen LogP contribution in [0.3, 0.4) is 0 Å². The van der Waals surface area contributed by atoms with Crippen molar-refractivity contribution >= 4 is 5.69 Å². The van der Waals surface area contributed by atoms with Gasteiger partial charge in [-0.3, -0.25) is 0 Å². The van der Waals surface area contributed by atoms with E-state index >= 15 is 0 Å². The van der Waals surface area contributed by atoms with Gasteiger partial charge < -0.3 is 10.1 Å². The number of benzene rings is 2. The second kappa shape index (κ2) is 5.87. The minimum absolute atomic E-state index is 0.226. The molecule has 0 saturated heterocycles. The van der Waals surface area contributed by atoms with Gasteiger partial charge in [-0.05, 0) is 29.8 Å². The number of nitrogens with one attached hydrogen (secondary N) is 1. The number of nitriles is 1. The molecule has 0 atom stereocenters. The molecule has 0 aliphatic rings. The zero-order valence-electron chi connectivity index (χ0n) is 10.5. The Morgan fingerprint density at radius 3 is 2.53 bits per heavy atom. The molecule has 0 aliphatic carbocycles. The van der Waals surface area contributed by atoms with E-state index < -0.39 is 5.82 Å². The first-order valence-electron chi connectivity index (χ1n) is 5.79. The smallest absolute Gasteiger partial charge is 0.167 e. The molecule has 0 saturated carbocycles. The fourth-order valence-corrected chi connectivity index (χ4v) is 1.68. The van der Waals surface area contributed by atoms with E-state index in [2.05, 4.69) is 11.4 Å². The average Bonchev–Trinajstić information content (AvgIpc) is 2.46. The molecule has 2 rings (SSSR count). The van der Waals surface area contributed by atoms with Gasteiger partial charge in [0.15, 0.2) is 11.6 Å². The molecular weight excluding hydrogens is 243 g/mol. The number of rotatable bonds is 4. The second-order valence-corrected chi connectivity index (χ2v) is 4.01. The molecule has 0 heterocycles. The van der Waals surface area contributed by atoms with Crippen LogP contribution < -0.4 is 10.1 Å². The van der Waals surface area contributed by atoms with E-state index in [0.717, 1.165) is 5.56 Å². The van der Waals surface area contributed by atoms with E-state index in [-0.39, 0.29) is 5.75 Å². The molecule has 4 heteroatoms. The lowest BCUT2D eigenvalue weighted by atomic mass is 10.1. The van der Waals surface area contributed by atoms with Gasteiger partial charge in [-0.25, -0.2) is 4.39 Å². The maximum Gasteiger partial charge on any atom is 0.167 e. The molecule has 1 N–H and O–H groups in total. The monoisotopic (exact) mass is 256 g/mol. The van der Waals surface area contributed by atoms with Crippen LogP contribution in [0.5, 0.6) is 5.75 Å². The Balaban J connectivity index is 2.02. The molecule has 0 spiro atoms. The minimum atomic E-state index is -0.396. The Bertz CT molecular complexity index is 603. The third-order valence-electron chi connectivity index (χ3n) is 2.73. The summed E-state index contributed by atoms with van der Waals surface area (Å²) in [6.45, 7) is 0.567. The lowest BCUT2D eigenvalue weighted by Gasteiger charge is -2.08. The average molecular weight is 256 g/mol. The van der Waals surface area contributed by atoms with Crippen molar-refractivity contribution in [2.24, 2.45) is 0 Å². The van der Waals surface area contributed by atoms with Crippen LogP contribution in [0.15, 0.2) is 42.5 Å². The Kier molecular flexibility index (Phi) is 3.99. The topological polar surface area (TPSA) is 45.0 Å². The highest BCUT2D eigenvalue weighted by molar-refractivity contribution is 5.47. The summed E-state index contributed by atoms with van der Waals surface area (Å²) >= 11 is 0. The molecule has 0 unspecified atom stereocenters. The number of halogens is 1. The molecule has 3 nitrogen and oxygen atoms in total. The first-order chi connectivity index (χ1) is 9.22. The van der Waals surface area contributed by atoms with Crippen LogP contribution in [0.25, 0.3) is 0 Å². The summed E-state index contributed by atoms with van der Waals surface area (Å²) in [6, 6.07) is 14.0. The van der Waals surface area contributed by atoms with Gasteiger partial charge in [-0.1, -0.05) is 12.1 Å². The zero-order chi connectivity index (χ0) is 13.7. The summed E-state index contributed by atoms with van der Waals surface area (Å²) in [6.07, 6.45) is 0. The third kappa shape index (κ3) is 3.23. The van der Waals surface area contributed by atoms with Crippen LogP contribution in [0.1, 0.15) is 11.1 Å². The quantitative estimate of drug-likeness (QED) is 0.912. The molecule has 96 valence electrons. The number of nitrogens with zero attached hydrogens (tertiary/aromatic N) is 1. The Hall–Kier alpha value is -2.54. The summed E-state index contributed by atoms with van der Waals surface area (Å²) in [7, 11) is 1.43. The Labute approximate surface area is 111 Å². The van der Waals surface area contributed by atoms with Gasteiger partial charge in [0.05, 0.1) is 18.7 Å². The lowest BCUT2D eigenvalue weighted by Crippen LogP contribution is -2.00. The van der Waals surface area contributed by atoms with Gasteiger partial charge in [-0.15, -0.1) is 0 Å². The molecule has 19 heavy (non-hydrogen) atoms. The molecule has 0 aromatic heterocycles. The van der Waals surface area contributed by atoms with E-state index in [1.165, 1.54) is 13.2 Å². The van der Waals surface area contributed by atoms with E-state index in [9.17, 15) is 4.39 Å². The maximum atomic E-state index is 13.5. The fourth-order valence-electron chi connectivity index (χ4n) is 1.68. The Morgan fingerprint density at radius 1 is 1.21 bits per heavy atom. The van der Waals surface area contributed by atoms with Gasteiger partial charge in [0.1, 0.15) is 0 Å². The highest BCUT2D eigenvalue weighted by Crippen LogP contribution is 2.21. The summed E-state index contributed by atoms with van der Waals surface area (Å²) < 4.78 is 18.3. The highest BCUT2D eigenvalue weighted by atomic mass is 19.1. The molecule has 0 amide bonds. The van der Waals surface area contributed by atoms with Crippen molar-refractivity contribution in [3.63, 3.8) is 0 Å². The van der Waals surface area contributed by atoms with Crippen LogP contribution in [-0.4, -0.2) is 7.11 Å². The minimum Gasteiger partial charge on any atom is -0.494 e. The van der Waals surface area contributed by atoms with Crippen LogP contribution in [0.2, 0.25) is 0 Å². The van der Waals surface area contributed by atoms with Gasteiger partial charge in [-0.2, -0.15) is 5.26 Å². The number of anilines is 1. The van der Waals surface area contributed by atoms with Crippen molar-refractivity contribution in [3.05, 3.63) is 59.4 Å². The van der Waals surface area contributed by atoms with E-state index in [1.807, 2.05) is 12.1 Å². The summed E-state index contributed by atoms with van der Waals surface area (Å²) in [4.78, 5) is 0. The molecule has 0 bridgehead atoms. The van der Waals surface area contributed by atoms with Crippen LogP contribution in [-0.2, 0) is 6.54 Å². The van der Waals surface area contributed by atoms with Crippen molar-refractivity contribution < 1.29 is 9.13 Å². The second-order valence-electron chi connectivity index (χ2n) is 4.01. The number of ether oxygens (including phenoxy) is 1. The summed E-state index contributed by atoms with van der Waals surface area (Å²) in [5, 5.41) is 11.8. The highest BCUT2D eigenvalue weighted by Gasteiger charge is 2.03. The summed E-state index contributed by atoms with van der Waals surface area (Å²) in [5.74, 6) is -0.170. The van der Waals surface area contributed by atoms with Crippen LogP contribution >= 0.6 is 0 Å². The number of hydrogen-bond donors (Lipinski definition) is 1. The molecule has 0 aliphatic heterocycles. The van der Waals surface area contributed by atoms with Crippen molar-refractivity contribution in [2.45, 2.75) is 6.54 Å². The molecular formula is C15H13FN2O.